The standard InChI is InChI=1S/C11H12O2S/c1-2-14(12,13)10-6-9-11-7-4-3-5-8-11/h2-8,10H,1,9H2/b10-6+. The van der Waals surface area contributed by atoms with Gasteiger partial charge in [0.1, 0.15) is 0 Å². The Kier molecular flexibility index (Phi) is 3.65. The molecular weight excluding hydrogens is 196 g/mol. The molecule has 0 spiro atoms. The van der Waals surface area contributed by atoms with Gasteiger partial charge in [-0.15, -0.1) is 0 Å². The van der Waals surface area contributed by atoms with Crippen LogP contribution in [0.25, 0.3) is 0 Å². The Balaban J connectivity index is 2.62. The average Bonchev–Trinajstić information content (AvgIpc) is 2.19. The van der Waals surface area contributed by atoms with Crippen LogP contribution in [-0.4, -0.2) is 8.42 Å². The van der Waals surface area contributed by atoms with Crippen LogP contribution in [0.4, 0.5) is 0 Å². The van der Waals surface area contributed by atoms with E-state index in [0.717, 1.165) is 11.0 Å². The van der Waals surface area contributed by atoms with Gasteiger partial charge in [0.2, 0.25) is 0 Å². The molecule has 0 aromatic heterocycles. The van der Waals surface area contributed by atoms with Crippen LogP contribution in [0.2, 0.25) is 0 Å². The van der Waals surface area contributed by atoms with Gasteiger partial charge >= 0.3 is 0 Å². The Morgan fingerprint density at radius 1 is 1.21 bits per heavy atom. The zero-order valence-corrected chi connectivity index (χ0v) is 8.57. The Morgan fingerprint density at radius 2 is 1.86 bits per heavy atom. The van der Waals surface area contributed by atoms with E-state index >= 15 is 0 Å². The van der Waals surface area contributed by atoms with E-state index in [1.54, 1.807) is 6.08 Å². The van der Waals surface area contributed by atoms with Crippen molar-refractivity contribution in [3.8, 4) is 0 Å². The Morgan fingerprint density at radius 3 is 2.43 bits per heavy atom. The third-order valence-corrected chi connectivity index (χ3v) is 2.75. The van der Waals surface area contributed by atoms with Gasteiger partial charge in [0.25, 0.3) is 0 Å². The van der Waals surface area contributed by atoms with E-state index < -0.39 is 9.84 Å². The number of benzene rings is 1. The fraction of sp³-hybridized carbons (Fsp3) is 0.0909. The lowest BCUT2D eigenvalue weighted by Gasteiger charge is -1.93. The molecule has 0 heterocycles. The van der Waals surface area contributed by atoms with Crippen LogP contribution in [0.1, 0.15) is 5.56 Å². The molecule has 3 heteroatoms. The summed E-state index contributed by atoms with van der Waals surface area (Å²) in [6.45, 7) is 3.22. The van der Waals surface area contributed by atoms with Gasteiger partial charge in [0.15, 0.2) is 9.84 Å². The van der Waals surface area contributed by atoms with Crippen molar-refractivity contribution in [3.63, 3.8) is 0 Å². The van der Waals surface area contributed by atoms with Crippen LogP contribution in [0.3, 0.4) is 0 Å². The highest BCUT2D eigenvalue weighted by Crippen LogP contribution is 2.01. The van der Waals surface area contributed by atoms with Crippen LogP contribution in [0.15, 0.2) is 53.8 Å². The number of rotatable bonds is 4. The van der Waals surface area contributed by atoms with Crippen molar-refractivity contribution in [2.24, 2.45) is 0 Å². The van der Waals surface area contributed by atoms with E-state index in [1.807, 2.05) is 30.3 Å². The first-order chi connectivity index (χ1) is 6.64. The molecule has 0 saturated carbocycles. The van der Waals surface area contributed by atoms with Crippen LogP contribution < -0.4 is 0 Å². The molecule has 0 unspecified atom stereocenters. The predicted octanol–water partition coefficient (Wildman–Crippen LogP) is 2.30. The molecule has 0 aliphatic carbocycles. The summed E-state index contributed by atoms with van der Waals surface area (Å²) in [6, 6.07) is 9.67. The molecule has 0 aliphatic rings. The summed E-state index contributed by atoms with van der Waals surface area (Å²) in [4.78, 5) is 0. The first-order valence-electron chi connectivity index (χ1n) is 4.22. The molecule has 74 valence electrons. The van der Waals surface area contributed by atoms with E-state index in [2.05, 4.69) is 6.58 Å². The third kappa shape index (κ3) is 3.58. The summed E-state index contributed by atoms with van der Waals surface area (Å²) in [7, 11) is -3.21. The minimum atomic E-state index is -3.21. The van der Waals surface area contributed by atoms with E-state index in [0.29, 0.717) is 6.42 Å². The molecule has 0 N–H and O–H groups in total. The minimum Gasteiger partial charge on any atom is -0.220 e. The van der Waals surface area contributed by atoms with Crippen LogP contribution >= 0.6 is 0 Å². The SMILES string of the molecule is C=CS(=O)(=O)/C=C/Cc1ccccc1. The average molecular weight is 208 g/mol. The van der Waals surface area contributed by atoms with Gasteiger partial charge in [-0.25, -0.2) is 8.42 Å². The van der Waals surface area contributed by atoms with Gasteiger partial charge in [-0.05, 0) is 12.0 Å². The molecule has 0 bridgehead atoms. The molecular formula is C11H12O2S. The number of hydrogen-bond acceptors (Lipinski definition) is 2. The Hall–Kier alpha value is -1.35. The summed E-state index contributed by atoms with van der Waals surface area (Å²) in [6.07, 6.45) is 2.24. The maximum absolute atomic E-state index is 11.0. The van der Waals surface area contributed by atoms with Crippen molar-refractivity contribution in [2.45, 2.75) is 6.42 Å². The molecule has 2 nitrogen and oxygen atoms in total. The zero-order valence-electron chi connectivity index (χ0n) is 7.76. The smallest absolute Gasteiger partial charge is 0.192 e. The molecule has 0 saturated heterocycles. The molecule has 0 amide bonds. The Bertz CT molecular complexity index is 416. The van der Waals surface area contributed by atoms with E-state index in [9.17, 15) is 8.42 Å². The van der Waals surface area contributed by atoms with Gasteiger partial charge in [0.05, 0.1) is 0 Å². The van der Waals surface area contributed by atoms with Crippen molar-refractivity contribution >= 4 is 9.84 Å². The molecule has 1 aromatic rings. The minimum absolute atomic E-state index is 0.619. The topological polar surface area (TPSA) is 34.1 Å². The highest BCUT2D eigenvalue weighted by atomic mass is 32.2. The van der Waals surface area contributed by atoms with Crippen molar-refractivity contribution in [1.82, 2.24) is 0 Å². The van der Waals surface area contributed by atoms with E-state index in [4.69, 9.17) is 0 Å². The van der Waals surface area contributed by atoms with Crippen molar-refractivity contribution in [3.05, 3.63) is 59.4 Å². The molecule has 0 aliphatic heterocycles. The van der Waals surface area contributed by atoms with Crippen LogP contribution in [-0.2, 0) is 16.3 Å². The van der Waals surface area contributed by atoms with Gasteiger partial charge in [-0.1, -0.05) is 43.0 Å². The maximum Gasteiger partial charge on any atom is 0.192 e. The normalized spacial score (nSPS) is 11.7. The molecule has 14 heavy (non-hydrogen) atoms. The zero-order chi connectivity index (χ0) is 10.4. The lowest BCUT2D eigenvalue weighted by Crippen LogP contribution is -1.87. The number of sulfone groups is 1. The van der Waals surface area contributed by atoms with Gasteiger partial charge in [0, 0.05) is 10.8 Å². The highest BCUT2D eigenvalue weighted by Gasteiger charge is 1.95. The van der Waals surface area contributed by atoms with Crippen LogP contribution in [0.5, 0.6) is 0 Å². The second kappa shape index (κ2) is 4.77. The predicted molar refractivity (Wildman–Crippen MR) is 58.4 cm³/mol. The van der Waals surface area contributed by atoms with E-state index in [1.165, 1.54) is 5.41 Å². The molecule has 1 aromatic carbocycles. The first-order valence-corrected chi connectivity index (χ1v) is 5.83. The summed E-state index contributed by atoms with van der Waals surface area (Å²) in [5.74, 6) is 0. The Labute approximate surface area is 84.5 Å². The number of allylic oxidation sites excluding steroid dienone is 1. The largest absolute Gasteiger partial charge is 0.220 e. The monoisotopic (exact) mass is 208 g/mol. The second-order valence-corrected chi connectivity index (χ2v) is 4.60. The van der Waals surface area contributed by atoms with Crippen molar-refractivity contribution in [1.29, 1.82) is 0 Å². The first kappa shape index (κ1) is 10.7. The summed E-state index contributed by atoms with van der Waals surface area (Å²) in [5.41, 5.74) is 1.09. The summed E-state index contributed by atoms with van der Waals surface area (Å²) >= 11 is 0. The summed E-state index contributed by atoms with van der Waals surface area (Å²) in [5, 5.41) is 2.11. The quantitative estimate of drug-likeness (QED) is 0.760. The second-order valence-electron chi connectivity index (χ2n) is 2.82. The van der Waals surface area contributed by atoms with Crippen LogP contribution in [0, 0.1) is 0 Å². The molecule has 1 rings (SSSR count). The number of hydrogen-bond donors (Lipinski definition) is 0. The molecule has 0 atom stereocenters. The van der Waals surface area contributed by atoms with Gasteiger partial charge in [-0.2, -0.15) is 0 Å². The van der Waals surface area contributed by atoms with Gasteiger partial charge in [-0.3, -0.25) is 0 Å². The lowest BCUT2D eigenvalue weighted by molar-refractivity contribution is 0.612. The summed E-state index contributed by atoms with van der Waals surface area (Å²) < 4.78 is 22.0. The molecule has 0 radical (unpaired) electrons. The van der Waals surface area contributed by atoms with Crippen molar-refractivity contribution in [2.75, 3.05) is 0 Å². The molecule has 0 fully saturated rings. The van der Waals surface area contributed by atoms with E-state index in [-0.39, 0.29) is 0 Å². The third-order valence-electron chi connectivity index (χ3n) is 1.71. The van der Waals surface area contributed by atoms with Gasteiger partial charge < -0.3 is 0 Å². The lowest BCUT2D eigenvalue weighted by atomic mass is 10.2. The fourth-order valence-electron chi connectivity index (χ4n) is 0.988. The fourth-order valence-corrected chi connectivity index (χ4v) is 1.46. The highest BCUT2D eigenvalue weighted by molar-refractivity contribution is 7.97. The maximum atomic E-state index is 11.0. The van der Waals surface area contributed by atoms with Crippen molar-refractivity contribution < 1.29 is 8.42 Å².